The molecule has 104 valence electrons. The van der Waals surface area contributed by atoms with Crippen molar-refractivity contribution in [1.82, 2.24) is 10.2 Å². The quantitative estimate of drug-likeness (QED) is 0.927. The lowest BCUT2D eigenvalue weighted by Crippen LogP contribution is -2.48. The molecule has 1 aromatic rings. The molecule has 3 nitrogen and oxygen atoms in total. The largest absolute Gasteiger partial charge is 0.340 e. The smallest absolute Gasteiger partial charge is 0.239 e. The molecule has 1 aliphatic heterocycles. The highest BCUT2D eigenvalue weighted by Crippen LogP contribution is 2.17. The number of rotatable bonds is 3. The minimum atomic E-state index is -0.0100. The summed E-state index contributed by atoms with van der Waals surface area (Å²) < 4.78 is 1.06. The third-order valence-corrected chi connectivity index (χ3v) is 4.20. The van der Waals surface area contributed by atoms with Gasteiger partial charge in [-0.1, -0.05) is 35.0 Å². The molecule has 2 atom stereocenters. The fourth-order valence-electron chi connectivity index (χ4n) is 2.50. The Kier molecular flexibility index (Phi) is 4.99. The average molecular weight is 325 g/mol. The summed E-state index contributed by atoms with van der Waals surface area (Å²) in [5, 5.41) is 3.33. The van der Waals surface area contributed by atoms with Crippen molar-refractivity contribution < 1.29 is 4.79 Å². The van der Waals surface area contributed by atoms with Crippen molar-refractivity contribution in [3.8, 4) is 0 Å². The van der Waals surface area contributed by atoms with E-state index in [4.69, 9.17) is 0 Å². The van der Waals surface area contributed by atoms with Crippen molar-refractivity contribution >= 4 is 21.8 Å². The van der Waals surface area contributed by atoms with Gasteiger partial charge in [0.05, 0.1) is 6.04 Å². The average Bonchev–Trinajstić information content (AvgIpc) is 2.40. The monoisotopic (exact) mass is 324 g/mol. The zero-order chi connectivity index (χ0) is 13.8. The minimum Gasteiger partial charge on any atom is -0.340 e. The van der Waals surface area contributed by atoms with Gasteiger partial charge in [-0.15, -0.1) is 0 Å². The first-order valence-electron chi connectivity index (χ1n) is 6.79. The maximum absolute atomic E-state index is 12.4. The molecule has 2 unspecified atom stereocenters. The van der Waals surface area contributed by atoms with Crippen LogP contribution in [-0.2, 0) is 11.3 Å². The Labute approximate surface area is 123 Å². The number of piperidine rings is 1. The molecule has 0 saturated carbocycles. The van der Waals surface area contributed by atoms with Gasteiger partial charge in [-0.25, -0.2) is 0 Å². The zero-order valence-electron chi connectivity index (χ0n) is 11.5. The topological polar surface area (TPSA) is 32.3 Å². The highest BCUT2D eigenvalue weighted by Gasteiger charge is 2.26. The number of halogens is 1. The summed E-state index contributed by atoms with van der Waals surface area (Å²) >= 11 is 3.42. The molecule has 0 bridgehead atoms. The molecule has 0 aliphatic carbocycles. The Morgan fingerprint density at radius 2 is 2.11 bits per heavy atom. The molecule has 1 N–H and O–H groups in total. The van der Waals surface area contributed by atoms with Crippen molar-refractivity contribution in [1.29, 1.82) is 0 Å². The highest BCUT2D eigenvalue weighted by molar-refractivity contribution is 9.10. The molecule has 2 rings (SSSR count). The second kappa shape index (κ2) is 6.53. The molecule has 1 saturated heterocycles. The third-order valence-electron chi connectivity index (χ3n) is 3.67. The molecule has 1 aliphatic rings. The van der Waals surface area contributed by atoms with E-state index in [1.54, 1.807) is 0 Å². The Morgan fingerprint density at radius 3 is 2.74 bits per heavy atom. The summed E-state index contributed by atoms with van der Waals surface area (Å²) in [7, 11) is 1.88. The number of amides is 1. The van der Waals surface area contributed by atoms with E-state index in [0.717, 1.165) is 23.0 Å². The van der Waals surface area contributed by atoms with Crippen LogP contribution in [0, 0.1) is 5.92 Å². The van der Waals surface area contributed by atoms with E-state index in [9.17, 15) is 4.79 Å². The number of hydrogen-bond donors (Lipinski definition) is 1. The lowest BCUT2D eigenvalue weighted by Gasteiger charge is -2.30. The summed E-state index contributed by atoms with van der Waals surface area (Å²) in [5.41, 5.74) is 1.16. The molecule has 19 heavy (non-hydrogen) atoms. The molecule has 1 amide bonds. The summed E-state index contributed by atoms with van der Waals surface area (Å²) in [4.78, 5) is 14.2. The maximum atomic E-state index is 12.4. The Hall–Kier alpha value is -0.870. The Bertz CT molecular complexity index is 432. The Balaban J connectivity index is 1.93. The van der Waals surface area contributed by atoms with Crippen molar-refractivity contribution in [3.63, 3.8) is 0 Å². The maximum Gasteiger partial charge on any atom is 0.239 e. The normalized spacial score (nSPS) is 23.1. The van der Waals surface area contributed by atoms with Crippen molar-refractivity contribution in [2.75, 3.05) is 13.6 Å². The number of benzene rings is 1. The standard InChI is InChI=1S/C15H21BrN2O/c1-11-7-8-17-14(9-11)15(19)18(2)10-12-3-5-13(16)6-4-12/h3-6,11,14,17H,7-10H2,1-2H3. The second-order valence-electron chi connectivity index (χ2n) is 5.46. The van der Waals surface area contributed by atoms with Crippen LogP contribution in [0.5, 0.6) is 0 Å². The van der Waals surface area contributed by atoms with Crippen molar-refractivity contribution in [3.05, 3.63) is 34.3 Å². The summed E-state index contributed by atoms with van der Waals surface area (Å²) in [6.45, 7) is 3.83. The number of carbonyl (C=O) groups is 1. The SMILES string of the molecule is CC1CCNC(C(=O)N(C)Cc2ccc(Br)cc2)C1. The van der Waals surface area contributed by atoms with Gasteiger partial charge in [0.15, 0.2) is 0 Å². The van der Waals surface area contributed by atoms with Crippen LogP contribution in [0.4, 0.5) is 0 Å². The van der Waals surface area contributed by atoms with Crippen molar-refractivity contribution in [2.24, 2.45) is 5.92 Å². The molecule has 0 aromatic heterocycles. The van der Waals surface area contributed by atoms with Gasteiger partial charge in [-0.3, -0.25) is 4.79 Å². The Morgan fingerprint density at radius 1 is 1.42 bits per heavy atom. The van der Waals surface area contributed by atoms with Crippen LogP contribution in [-0.4, -0.2) is 30.4 Å². The number of hydrogen-bond acceptors (Lipinski definition) is 2. The van der Waals surface area contributed by atoms with Gasteiger partial charge >= 0.3 is 0 Å². The van der Waals surface area contributed by atoms with Gasteiger partial charge < -0.3 is 10.2 Å². The van der Waals surface area contributed by atoms with Crippen LogP contribution < -0.4 is 5.32 Å². The van der Waals surface area contributed by atoms with Crippen LogP contribution in [0.15, 0.2) is 28.7 Å². The summed E-state index contributed by atoms with van der Waals surface area (Å²) in [6, 6.07) is 8.10. The van der Waals surface area contributed by atoms with Gasteiger partial charge in [0.2, 0.25) is 5.91 Å². The highest BCUT2D eigenvalue weighted by atomic mass is 79.9. The minimum absolute atomic E-state index is 0.0100. The summed E-state index contributed by atoms with van der Waals surface area (Å²) in [5.74, 6) is 0.839. The molecule has 0 spiro atoms. The van der Waals surface area contributed by atoms with Gasteiger partial charge in [0.25, 0.3) is 0 Å². The van der Waals surface area contributed by atoms with Crippen LogP contribution in [0.3, 0.4) is 0 Å². The first-order valence-corrected chi connectivity index (χ1v) is 7.58. The first kappa shape index (κ1) is 14.5. The van der Waals surface area contributed by atoms with E-state index in [1.807, 2.05) is 36.2 Å². The van der Waals surface area contributed by atoms with E-state index < -0.39 is 0 Å². The molecule has 1 fully saturated rings. The fraction of sp³-hybridized carbons (Fsp3) is 0.533. The first-order chi connectivity index (χ1) is 9.06. The molecule has 1 heterocycles. The molecule has 0 radical (unpaired) electrons. The summed E-state index contributed by atoms with van der Waals surface area (Å²) in [6.07, 6.45) is 2.11. The van der Waals surface area contributed by atoms with E-state index in [0.29, 0.717) is 12.5 Å². The van der Waals surface area contributed by atoms with Gasteiger partial charge in [0.1, 0.15) is 0 Å². The van der Waals surface area contributed by atoms with Crippen LogP contribution in [0.25, 0.3) is 0 Å². The lowest BCUT2D eigenvalue weighted by molar-refractivity contribution is -0.133. The fourth-order valence-corrected chi connectivity index (χ4v) is 2.77. The number of likely N-dealkylation sites (N-methyl/N-ethyl adjacent to an activating group) is 1. The number of carbonyl (C=O) groups excluding carboxylic acids is 1. The van der Waals surface area contributed by atoms with Gasteiger partial charge in [-0.05, 0) is 43.0 Å². The molecule has 1 aromatic carbocycles. The van der Waals surface area contributed by atoms with E-state index >= 15 is 0 Å². The molecule has 4 heteroatoms. The third kappa shape index (κ3) is 4.05. The van der Waals surface area contributed by atoms with E-state index in [-0.39, 0.29) is 11.9 Å². The van der Waals surface area contributed by atoms with Crippen molar-refractivity contribution in [2.45, 2.75) is 32.4 Å². The number of nitrogens with one attached hydrogen (secondary N) is 1. The van der Waals surface area contributed by atoms with Gasteiger partial charge in [0, 0.05) is 18.1 Å². The number of nitrogens with zero attached hydrogens (tertiary/aromatic N) is 1. The van der Waals surface area contributed by atoms with E-state index in [1.165, 1.54) is 6.42 Å². The molecular formula is C15H21BrN2O. The zero-order valence-corrected chi connectivity index (χ0v) is 13.1. The van der Waals surface area contributed by atoms with E-state index in [2.05, 4.69) is 28.2 Å². The van der Waals surface area contributed by atoms with Crippen LogP contribution in [0.2, 0.25) is 0 Å². The molecular weight excluding hydrogens is 304 g/mol. The lowest BCUT2D eigenvalue weighted by atomic mass is 9.93. The predicted octanol–water partition coefficient (Wildman–Crippen LogP) is 2.80. The van der Waals surface area contributed by atoms with Gasteiger partial charge in [-0.2, -0.15) is 0 Å². The van der Waals surface area contributed by atoms with Crippen LogP contribution >= 0.6 is 15.9 Å². The predicted molar refractivity (Wildman–Crippen MR) is 80.8 cm³/mol. The van der Waals surface area contributed by atoms with Crippen LogP contribution in [0.1, 0.15) is 25.3 Å². The second-order valence-corrected chi connectivity index (χ2v) is 6.37.